The molecule has 1 unspecified atom stereocenters. The average Bonchev–Trinajstić information content (AvgIpc) is 2.51. The summed E-state index contributed by atoms with van der Waals surface area (Å²) in [4.78, 5) is 22.9. The molecule has 0 aliphatic heterocycles. The first-order chi connectivity index (χ1) is 7.88. The van der Waals surface area contributed by atoms with Gasteiger partial charge < -0.3 is 15.2 Å². The first-order valence-corrected chi connectivity index (χ1v) is 4.96. The number of esters is 2. The van der Waals surface area contributed by atoms with Gasteiger partial charge in [-0.3, -0.25) is 4.68 Å². The molecule has 17 heavy (non-hydrogen) atoms. The molecular formula is C10H15N3O4. The van der Waals surface area contributed by atoms with Crippen LogP contribution in [-0.2, 0) is 21.3 Å². The van der Waals surface area contributed by atoms with Gasteiger partial charge in [-0.1, -0.05) is 0 Å². The van der Waals surface area contributed by atoms with E-state index in [2.05, 4.69) is 9.84 Å². The number of rotatable bonds is 3. The van der Waals surface area contributed by atoms with E-state index in [4.69, 9.17) is 10.5 Å². The minimum Gasteiger partial charge on any atom is -0.466 e. The van der Waals surface area contributed by atoms with Crippen molar-refractivity contribution in [3.05, 3.63) is 11.4 Å². The van der Waals surface area contributed by atoms with Crippen LogP contribution in [0.2, 0.25) is 0 Å². The number of nitrogens with zero attached hydrogens (tertiary/aromatic N) is 2. The zero-order valence-electron chi connectivity index (χ0n) is 10.2. The van der Waals surface area contributed by atoms with E-state index in [-0.39, 0.29) is 11.4 Å². The highest BCUT2D eigenvalue weighted by Crippen LogP contribution is 2.16. The fraction of sp³-hybridized carbons (Fsp3) is 0.500. The van der Waals surface area contributed by atoms with Gasteiger partial charge in [-0.15, -0.1) is 0 Å². The average molecular weight is 241 g/mol. The quantitative estimate of drug-likeness (QED) is 0.750. The van der Waals surface area contributed by atoms with Crippen LogP contribution in [0.25, 0.3) is 0 Å². The number of methoxy groups -OCH3 is 1. The summed E-state index contributed by atoms with van der Waals surface area (Å²) in [5.74, 6) is -1.33. The monoisotopic (exact) mass is 241 g/mol. The maximum absolute atomic E-state index is 11.8. The highest BCUT2D eigenvalue weighted by molar-refractivity contribution is 5.95. The van der Waals surface area contributed by atoms with E-state index < -0.39 is 18.0 Å². The third-order valence-corrected chi connectivity index (χ3v) is 2.28. The lowest BCUT2D eigenvalue weighted by Gasteiger charge is -2.11. The molecule has 0 radical (unpaired) electrons. The van der Waals surface area contributed by atoms with E-state index in [1.165, 1.54) is 18.7 Å². The van der Waals surface area contributed by atoms with Crippen molar-refractivity contribution < 1.29 is 19.1 Å². The van der Waals surface area contributed by atoms with Crippen LogP contribution in [0.1, 0.15) is 23.1 Å². The Kier molecular flexibility index (Phi) is 3.72. The van der Waals surface area contributed by atoms with Crippen LogP contribution in [0.5, 0.6) is 0 Å². The molecule has 7 heteroatoms. The number of aryl methyl sites for hydroxylation is 2. The van der Waals surface area contributed by atoms with Crippen LogP contribution < -0.4 is 5.73 Å². The molecule has 0 bridgehead atoms. The normalized spacial score (nSPS) is 12.0. The number of hydrogen-bond donors (Lipinski definition) is 1. The molecule has 0 amide bonds. The van der Waals surface area contributed by atoms with Crippen LogP contribution in [0, 0.1) is 6.92 Å². The largest absolute Gasteiger partial charge is 0.466 e. The zero-order chi connectivity index (χ0) is 13.2. The molecule has 2 N–H and O–H groups in total. The minimum atomic E-state index is -0.984. The molecule has 0 saturated carbocycles. The highest BCUT2D eigenvalue weighted by atomic mass is 16.6. The molecule has 0 spiro atoms. The lowest BCUT2D eigenvalue weighted by Crippen LogP contribution is -2.26. The van der Waals surface area contributed by atoms with E-state index >= 15 is 0 Å². The number of anilines is 1. The summed E-state index contributed by atoms with van der Waals surface area (Å²) in [6.45, 7) is 3.10. The van der Waals surface area contributed by atoms with Crippen LogP contribution in [0.4, 0.5) is 5.69 Å². The van der Waals surface area contributed by atoms with Gasteiger partial charge in [0.2, 0.25) is 0 Å². The van der Waals surface area contributed by atoms with Crippen molar-refractivity contribution in [2.45, 2.75) is 20.0 Å². The lowest BCUT2D eigenvalue weighted by molar-refractivity contribution is -0.149. The SMILES string of the molecule is COC(=O)C(C)OC(=O)c1c(N)c(C)nn1C. The van der Waals surface area contributed by atoms with Crippen LogP contribution >= 0.6 is 0 Å². The molecule has 1 aromatic heterocycles. The Morgan fingerprint density at radius 2 is 2.06 bits per heavy atom. The Morgan fingerprint density at radius 1 is 1.47 bits per heavy atom. The van der Waals surface area contributed by atoms with Gasteiger partial charge in [-0.2, -0.15) is 5.10 Å². The summed E-state index contributed by atoms with van der Waals surface area (Å²) in [6.07, 6.45) is -0.984. The second-order valence-corrected chi connectivity index (χ2v) is 3.54. The zero-order valence-corrected chi connectivity index (χ0v) is 10.2. The molecule has 0 aliphatic rings. The van der Waals surface area contributed by atoms with Crippen molar-refractivity contribution in [2.24, 2.45) is 7.05 Å². The molecule has 1 atom stereocenters. The van der Waals surface area contributed by atoms with E-state index in [1.54, 1.807) is 14.0 Å². The Bertz CT molecular complexity index is 453. The molecule has 0 saturated heterocycles. The number of nitrogens with two attached hydrogens (primary N) is 1. The Labute approximate surface area is 98.5 Å². The summed E-state index contributed by atoms with van der Waals surface area (Å²) in [6, 6.07) is 0. The van der Waals surface area contributed by atoms with Crippen molar-refractivity contribution in [1.29, 1.82) is 0 Å². The first-order valence-electron chi connectivity index (χ1n) is 4.96. The number of aromatic nitrogens is 2. The Hall–Kier alpha value is -2.05. The number of ether oxygens (including phenoxy) is 2. The first kappa shape index (κ1) is 13.0. The van der Waals surface area contributed by atoms with Crippen LogP contribution in [0.3, 0.4) is 0 Å². The van der Waals surface area contributed by atoms with Gasteiger partial charge in [0.25, 0.3) is 0 Å². The number of carbonyl (C=O) groups excluding carboxylic acids is 2. The van der Waals surface area contributed by atoms with Gasteiger partial charge in [-0.25, -0.2) is 9.59 Å². The summed E-state index contributed by atoms with van der Waals surface area (Å²) < 4.78 is 10.7. The van der Waals surface area contributed by atoms with Gasteiger partial charge in [0, 0.05) is 7.05 Å². The highest BCUT2D eigenvalue weighted by Gasteiger charge is 2.24. The topological polar surface area (TPSA) is 96.4 Å². The number of nitrogen functional groups attached to an aromatic ring is 1. The minimum absolute atomic E-state index is 0.123. The van der Waals surface area contributed by atoms with Gasteiger partial charge in [0.05, 0.1) is 18.5 Å². The second-order valence-electron chi connectivity index (χ2n) is 3.54. The van der Waals surface area contributed by atoms with Crippen LogP contribution in [-0.4, -0.2) is 34.9 Å². The van der Waals surface area contributed by atoms with Gasteiger partial charge in [-0.05, 0) is 13.8 Å². The molecular weight excluding hydrogens is 226 g/mol. The molecule has 1 rings (SSSR count). The molecule has 1 aromatic rings. The predicted molar refractivity (Wildman–Crippen MR) is 59.3 cm³/mol. The molecule has 1 heterocycles. The Morgan fingerprint density at radius 3 is 2.47 bits per heavy atom. The Balaban J connectivity index is 2.87. The maximum atomic E-state index is 11.8. The number of hydrogen-bond acceptors (Lipinski definition) is 6. The maximum Gasteiger partial charge on any atom is 0.359 e. The third kappa shape index (κ3) is 2.55. The van der Waals surface area contributed by atoms with E-state index in [0.717, 1.165) is 0 Å². The molecule has 0 aromatic carbocycles. The molecule has 94 valence electrons. The van der Waals surface area contributed by atoms with Gasteiger partial charge in [0.1, 0.15) is 0 Å². The van der Waals surface area contributed by atoms with Gasteiger partial charge in [0.15, 0.2) is 11.8 Å². The fourth-order valence-corrected chi connectivity index (χ4v) is 1.35. The van der Waals surface area contributed by atoms with Crippen molar-refractivity contribution in [3.8, 4) is 0 Å². The standard InChI is InChI=1S/C10H15N3O4/c1-5-7(11)8(13(3)12-5)10(15)17-6(2)9(14)16-4/h6H,11H2,1-4H3. The van der Waals surface area contributed by atoms with Crippen molar-refractivity contribution in [1.82, 2.24) is 9.78 Å². The lowest BCUT2D eigenvalue weighted by atomic mass is 10.3. The molecule has 7 nitrogen and oxygen atoms in total. The third-order valence-electron chi connectivity index (χ3n) is 2.28. The van der Waals surface area contributed by atoms with E-state index in [0.29, 0.717) is 5.69 Å². The second kappa shape index (κ2) is 4.86. The summed E-state index contributed by atoms with van der Waals surface area (Å²) in [7, 11) is 2.79. The van der Waals surface area contributed by atoms with Crippen molar-refractivity contribution in [3.63, 3.8) is 0 Å². The molecule has 0 aliphatic carbocycles. The van der Waals surface area contributed by atoms with Gasteiger partial charge >= 0.3 is 11.9 Å². The van der Waals surface area contributed by atoms with Crippen LogP contribution in [0.15, 0.2) is 0 Å². The summed E-state index contributed by atoms with van der Waals surface area (Å²) >= 11 is 0. The van der Waals surface area contributed by atoms with E-state index in [1.807, 2.05) is 0 Å². The summed E-state index contributed by atoms with van der Waals surface area (Å²) in [5.41, 5.74) is 6.59. The molecule has 0 fully saturated rings. The van der Waals surface area contributed by atoms with Crippen molar-refractivity contribution >= 4 is 17.6 Å². The smallest absolute Gasteiger partial charge is 0.359 e. The summed E-state index contributed by atoms with van der Waals surface area (Å²) in [5, 5.41) is 3.98. The van der Waals surface area contributed by atoms with E-state index in [9.17, 15) is 9.59 Å². The van der Waals surface area contributed by atoms with Crippen molar-refractivity contribution in [2.75, 3.05) is 12.8 Å². The fourth-order valence-electron chi connectivity index (χ4n) is 1.35. The number of carbonyl (C=O) groups is 2. The predicted octanol–water partition coefficient (Wildman–Crippen LogP) is 0.0290.